The van der Waals surface area contributed by atoms with E-state index in [1.165, 1.54) is 11.6 Å². The first-order chi connectivity index (χ1) is 16.1. The van der Waals surface area contributed by atoms with E-state index in [1.54, 1.807) is 19.2 Å². The van der Waals surface area contributed by atoms with E-state index in [9.17, 15) is 9.18 Å². The number of piperazine rings is 1. The van der Waals surface area contributed by atoms with Gasteiger partial charge in [-0.3, -0.25) is 14.6 Å². The molecule has 2 fully saturated rings. The van der Waals surface area contributed by atoms with Crippen LogP contribution >= 0.6 is 0 Å². The van der Waals surface area contributed by atoms with Crippen molar-refractivity contribution in [3.63, 3.8) is 0 Å². The van der Waals surface area contributed by atoms with E-state index in [2.05, 4.69) is 21.9 Å². The average Bonchev–Trinajstić information content (AvgIpc) is 3.33. The summed E-state index contributed by atoms with van der Waals surface area (Å²) in [4.78, 5) is 19.6. The fourth-order valence-electron chi connectivity index (χ4n) is 4.59. The van der Waals surface area contributed by atoms with Crippen molar-refractivity contribution in [3.05, 3.63) is 65.5 Å². The van der Waals surface area contributed by atoms with E-state index in [0.717, 1.165) is 63.5 Å². The number of benzene rings is 2. The van der Waals surface area contributed by atoms with Crippen LogP contribution < -0.4 is 4.74 Å². The minimum Gasteiger partial charge on any atom is -0.497 e. The summed E-state index contributed by atoms with van der Waals surface area (Å²) in [5.74, 6) is 0.748. The Hall–Kier alpha value is -2.48. The van der Waals surface area contributed by atoms with E-state index < -0.39 is 0 Å². The summed E-state index contributed by atoms with van der Waals surface area (Å²) in [5.41, 5.74) is 2.12. The first kappa shape index (κ1) is 23.7. The lowest BCUT2D eigenvalue weighted by atomic mass is 10.1. The van der Waals surface area contributed by atoms with Gasteiger partial charge in [0.2, 0.25) is 5.91 Å². The molecule has 7 heteroatoms. The minimum atomic E-state index is -0.246. The van der Waals surface area contributed by atoms with Gasteiger partial charge in [0.15, 0.2) is 0 Å². The Kier molecular flexibility index (Phi) is 8.31. The largest absolute Gasteiger partial charge is 0.497 e. The number of carbonyl (C=O) groups excluding carboxylic acids is 1. The zero-order valence-electron chi connectivity index (χ0n) is 19.4. The number of halogens is 1. The van der Waals surface area contributed by atoms with Gasteiger partial charge in [-0.05, 0) is 48.2 Å². The summed E-state index contributed by atoms with van der Waals surface area (Å²) < 4.78 is 24.7. The second-order valence-corrected chi connectivity index (χ2v) is 8.94. The lowest BCUT2D eigenvalue weighted by Crippen LogP contribution is -2.51. The van der Waals surface area contributed by atoms with Crippen molar-refractivity contribution in [3.8, 4) is 5.75 Å². The third kappa shape index (κ3) is 7.00. The molecule has 2 aliphatic heterocycles. The summed E-state index contributed by atoms with van der Waals surface area (Å²) in [5, 5.41) is 0. The maximum atomic E-state index is 13.7. The number of hydrogen-bond donors (Lipinski definition) is 0. The molecule has 1 amide bonds. The molecule has 0 spiro atoms. The molecule has 0 bridgehead atoms. The van der Waals surface area contributed by atoms with Crippen LogP contribution in [0.1, 0.15) is 24.0 Å². The van der Waals surface area contributed by atoms with Crippen LogP contribution in [0.3, 0.4) is 0 Å². The Morgan fingerprint density at radius 1 is 1.12 bits per heavy atom. The maximum absolute atomic E-state index is 13.7. The highest BCUT2D eigenvalue weighted by molar-refractivity contribution is 5.78. The quantitative estimate of drug-likeness (QED) is 0.581. The van der Waals surface area contributed by atoms with Gasteiger partial charge in [-0.25, -0.2) is 4.39 Å². The molecule has 6 nitrogen and oxygen atoms in total. The molecule has 2 aromatic carbocycles. The number of carbonyl (C=O) groups is 1. The second-order valence-electron chi connectivity index (χ2n) is 8.94. The van der Waals surface area contributed by atoms with Crippen molar-refractivity contribution in [1.82, 2.24) is 14.7 Å². The predicted octanol–water partition coefficient (Wildman–Crippen LogP) is 3.16. The summed E-state index contributed by atoms with van der Waals surface area (Å²) in [6, 6.07) is 14.8. The van der Waals surface area contributed by atoms with Crippen molar-refractivity contribution >= 4 is 5.91 Å². The predicted molar refractivity (Wildman–Crippen MR) is 126 cm³/mol. The van der Waals surface area contributed by atoms with Crippen molar-refractivity contribution < 1.29 is 18.7 Å². The Morgan fingerprint density at radius 2 is 1.91 bits per heavy atom. The normalized spacial score (nSPS) is 19.2. The molecule has 1 atom stereocenters. The lowest BCUT2D eigenvalue weighted by Gasteiger charge is -2.36. The van der Waals surface area contributed by atoms with Gasteiger partial charge in [-0.15, -0.1) is 0 Å². The molecule has 0 N–H and O–H groups in total. The standard InChI is InChI=1S/C26H34FN3O3/c1-32-24-9-7-21(8-10-24)17-28-11-13-30(14-12-28)26(31)20-29(19-25-6-3-15-33-25)18-22-4-2-5-23(27)16-22/h2,4-5,7-10,16,25H,3,6,11-15,17-20H2,1H3. The van der Waals surface area contributed by atoms with Crippen LogP contribution in [0.25, 0.3) is 0 Å². The topological polar surface area (TPSA) is 45.2 Å². The molecule has 2 aliphatic rings. The third-order valence-corrected chi connectivity index (χ3v) is 6.43. The average molecular weight is 456 g/mol. The van der Waals surface area contributed by atoms with Crippen LogP contribution in [0.15, 0.2) is 48.5 Å². The van der Waals surface area contributed by atoms with Crippen LogP contribution in [0, 0.1) is 5.82 Å². The molecule has 178 valence electrons. The summed E-state index contributed by atoms with van der Waals surface area (Å²) in [6.45, 7) is 6.38. The van der Waals surface area contributed by atoms with Gasteiger partial charge in [0.1, 0.15) is 11.6 Å². The molecule has 0 aliphatic carbocycles. The minimum absolute atomic E-state index is 0.133. The van der Waals surface area contributed by atoms with E-state index in [-0.39, 0.29) is 17.8 Å². The summed E-state index contributed by atoms with van der Waals surface area (Å²) in [6.07, 6.45) is 2.22. The maximum Gasteiger partial charge on any atom is 0.236 e. The number of ether oxygens (including phenoxy) is 2. The Balaban J connectivity index is 1.29. The number of amides is 1. The van der Waals surface area contributed by atoms with Crippen LogP contribution in [-0.2, 0) is 22.6 Å². The number of hydrogen-bond acceptors (Lipinski definition) is 5. The van der Waals surface area contributed by atoms with E-state index in [0.29, 0.717) is 19.6 Å². The Bertz CT molecular complexity index is 894. The number of nitrogens with zero attached hydrogens (tertiary/aromatic N) is 3. The summed E-state index contributed by atoms with van der Waals surface area (Å²) >= 11 is 0. The van der Waals surface area contributed by atoms with Gasteiger partial charge in [0.25, 0.3) is 0 Å². The molecular weight excluding hydrogens is 421 g/mol. The van der Waals surface area contributed by atoms with Crippen molar-refractivity contribution in [2.24, 2.45) is 0 Å². The molecule has 2 aromatic rings. The third-order valence-electron chi connectivity index (χ3n) is 6.43. The van der Waals surface area contributed by atoms with Crippen LogP contribution in [0.5, 0.6) is 5.75 Å². The van der Waals surface area contributed by atoms with Crippen LogP contribution in [0.4, 0.5) is 4.39 Å². The fourth-order valence-corrected chi connectivity index (χ4v) is 4.59. The van der Waals surface area contributed by atoms with Crippen LogP contribution in [0.2, 0.25) is 0 Å². The van der Waals surface area contributed by atoms with Crippen LogP contribution in [-0.4, -0.2) is 79.7 Å². The number of rotatable bonds is 9. The van der Waals surface area contributed by atoms with Crippen molar-refractivity contribution in [1.29, 1.82) is 0 Å². The second kappa shape index (κ2) is 11.6. The Morgan fingerprint density at radius 3 is 2.58 bits per heavy atom. The first-order valence-electron chi connectivity index (χ1n) is 11.8. The van der Waals surface area contributed by atoms with Gasteiger partial charge >= 0.3 is 0 Å². The smallest absolute Gasteiger partial charge is 0.236 e. The first-order valence-corrected chi connectivity index (χ1v) is 11.8. The molecule has 2 saturated heterocycles. The number of methoxy groups -OCH3 is 1. The highest BCUT2D eigenvalue weighted by atomic mass is 19.1. The van der Waals surface area contributed by atoms with Gasteiger partial charge in [-0.1, -0.05) is 24.3 Å². The monoisotopic (exact) mass is 455 g/mol. The van der Waals surface area contributed by atoms with Gasteiger partial charge in [0, 0.05) is 52.4 Å². The molecular formula is C26H34FN3O3. The van der Waals surface area contributed by atoms with Gasteiger partial charge < -0.3 is 14.4 Å². The van der Waals surface area contributed by atoms with Crippen molar-refractivity contribution in [2.75, 3.05) is 53.0 Å². The molecule has 33 heavy (non-hydrogen) atoms. The SMILES string of the molecule is COc1ccc(CN2CCN(C(=O)CN(Cc3cccc(F)c3)CC3CCCO3)CC2)cc1. The van der Waals surface area contributed by atoms with E-state index in [1.807, 2.05) is 23.1 Å². The molecule has 0 saturated carbocycles. The summed E-state index contributed by atoms with van der Waals surface area (Å²) in [7, 11) is 1.67. The molecule has 4 rings (SSSR count). The van der Waals surface area contributed by atoms with Gasteiger partial charge in [0.05, 0.1) is 19.8 Å². The fraction of sp³-hybridized carbons (Fsp3) is 0.500. The molecule has 0 aromatic heterocycles. The van der Waals surface area contributed by atoms with E-state index >= 15 is 0 Å². The van der Waals surface area contributed by atoms with Crippen molar-refractivity contribution in [2.45, 2.75) is 32.0 Å². The molecule has 1 unspecified atom stereocenters. The van der Waals surface area contributed by atoms with E-state index in [4.69, 9.17) is 9.47 Å². The highest BCUT2D eigenvalue weighted by Gasteiger charge is 2.25. The molecule has 0 radical (unpaired) electrons. The zero-order chi connectivity index (χ0) is 23.0. The highest BCUT2D eigenvalue weighted by Crippen LogP contribution is 2.17. The zero-order valence-corrected chi connectivity index (χ0v) is 19.4. The Labute approximate surface area is 195 Å². The lowest BCUT2D eigenvalue weighted by molar-refractivity contribution is -0.134. The van der Waals surface area contributed by atoms with Gasteiger partial charge in [-0.2, -0.15) is 0 Å². The molecule has 2 heterocycles.